The van der Waals surface area contributed by atoms with Crippen molar-refractivity contribution in [3.63, 3.8) is 0 Å². The Hall–Kier alpha value is -1.69. The Morgan fingerprint density at radius 2 is 1.35 bits per heavy atom. The van der Waals surface area contributed by atoms with Gasteiger partial charge in [-0.25, -0.2) is 16.8 Å². The quantitative estimate of drug-likeness (QED) is 0.529. The van der Waals surface area contributed by atoms with Crippen molar-refractivity contribution in [3.8, 4) is 5.75 Å². The van der Waals surface area contributed by atoms with Gasteiger partial charge in [0.2, 0.25) is 20.0 Å². The zero-order valence-corrected chi connectivity index (χ0v) is 19.7. The highest BCUT2D eigenvalue weighted by Gasteiger charge is 2.33. The molecule has 2 aromatic carbocycles. The van der Waals surface area contributed by atoms with E-state index < -0.39 is 20.0 Å². The molecule has 0 spiro atoms. The van der Waals surface area contributed by atoms with Crippen molar-refractivity contribution in [2.24, 2.45) is 0 Å². The maximum Gasteiger partial charge on any atom is 0.243 e. The molecule has 0 aliphatic carbocycles. The predicted molar refractivity (Wildman–Crippen MR) is 118 cm³/mol. The SMILES string of the molecule is COCCOc1ccc(S(=O)(=O)N2CCN(S(=O)(=O)c3ccc(Cl)cc3)CC2)cc1C. The van der Waals surface area contributed by atoms with Gasteiger partial charge >= 0.3 is 0 Å². The molecule has 0 saturated carbocycles. The Balaban J connectivity index is 1.69. The zero-order chi connectivity index (χ0) is 22.6. The molecule has 0 radical (unpaired) electrons. The number of piperazine rings is 1. The molecule has 0 N–H and O–H groups in total. The highest BCUT2D eigenvalue weighted by molar-refractivity contribution is 7.89. The molecule has 0 atom stereocenters. The number of aryl methyl sites for hydroxylation is 1. The van der Waals surface area contributed by atoms with E-state index in [-0.39, 0.29) is 36.0 Å². The maximum atomic E-state index is 13.1. The molecule has 1 aliphatic heterocycles. The van der Waals surface area contributed by atoms with Crippen LogP contribution < -0.4 is 4.74 Å². The summed E-state index contributed by atoms with van der Waals surface area (Å²) in [6.07, 6.45) is 0. The number of sulfonamides is 2. The van der Waals surface area contributed by atoms with Gasteiger partial charge in [-0.1, -0.05) is 11.6 Å². The number of hydrogen-bond donors (Lipinski definition) is 0. The van der Waals surface area contributed by atoms with Gasteiger partial charge in [0.15, 0.2) is 0 Å². The summed E-state index contributed by atoms with van der Waals surface area (Å²) < 4.78 is 64.9. The van der Waals surface area contributed by atoms with Crippen LogP contribution in [0.25, 0.3) is 0 Å². The van der Waals surface area contributed by atoms with Crippen molar-refractivity contribution < 1.29 is 26.3 Å². The minimum absolute atomic E-state index is 0.0697. The minimum atomic E-state index is -3.75. The molecule has 0 aromatic heterocycles. The van der Waals surface area contributed by atoms with Crippen molar-refractivity contribution in [1.82, 2.24) is 8.61 Å². The molecule has 8 nitrogen and oxygen atoms in total. The van der Waals surface area contributed by atoms with E-state index in [0.29, 0.717) is 29.5 Å². The van der Waals surface area contributed by atoms with E-state index in [1.165, 1.54) is 38.9 Å². The second-order valence-electron chi connectivity index (χ2n) is 7.03. The van der Waals surface area contributed by atoms with Gasteiger partial charge in [-0.2, -0.15) is 8.61 Å². The normalized spacial score (nSPS) is 16.4. The van der Waals surface area contributed by atoms with Crippen molar-refractivity contribution in [3.05, 3.63) is 53.1 Å². The van der Waals surface area contributed by atoms with Crippen LogP contribution in [0.5, 0.6) is 5.75 Å². The van der Waals surface area contributed by atoms with Crippen LogP contribution in [-0.4, -0.2) is 71.9 Å². The Bertz CT molecular complexity index is 1110. The van der Waals surface area contributed by atoms with Crippen LogP contribution in [0.1, 0.15) is 5.56 Å². The number of halogens is 1. The third-order valence-electron chi connectivity index (χ3n) is 4.98. The third-order valence-corrected chi connectivity index (χ3v) is 9.04. The van der Waals surface area contributed by atoms with Crippen molar-refractivity contribution in [2.45, 2.75) is 16.7 Å². The monoisotopic (exact) mass is 488 g/mol. The van der Waals surface area contributed by atoms with Gasteiger partial charge in [-0.05, 0) is 55.0 Å². The summed E-state index contributed by atoms with van der Waals surface area (Å²) in [5, 5.41) is 0.445. The highest BCUT2D eigenvalue weighted by atomic mass is 35.5. The first-order valence-electron chi connectivity index (χ1n) is 9.64. The molecule has 170 valence electrons. The summed E-state index contributed by atoms with van der Waals surface area (Å²) in [4.78, 5) is 0.283. The zero-order valence-electron chi connectivity index (χ0n) is 17.3. The molecule has 2 aromatic rings. The largest absolute Gasteiger partial charge is 0.491 e. The lowest BCUT2D eigenvalue weighted by Crippen LogP contribution is -2.50. The van der Waals surface area contributed by atoms with Gasteiger partial charge in [-0.3, -0.25) is 0 Å². The summed E-state index contributed by atoms with van der Waals surface area (Å²) in [5.74, 6) is 0.592. The second-order valence-corrected chi connectivity index (χ2v) is 11.3. The lowest BCUT2D eigenvalue weighted by Gasteiger charge is -2.33. The average Bonchev–Trinajstić information content (AvgIpc) is 2.75. The molecule has 31 heavy (non-hydrogen) atoms. The summed E-state index contributed by atoms with van der Waals surface area (Å²) in [7, 11) is -5.89. The fourth-order valence-electron chi connectivity index (χ4n) is 3.23. The molecule has 1 fully saturated rings. The lowest BCUT2D eigenvalue weighted by molar-refractivity contribution is 0.146. The molecule has 1 aliphatic rings. The Labute approximate surface area is 188 Å². The van der Waals surface area contributed by atoms with Gasteiger partial charge in [0.1, 0.15) is 12.4 Å². The predicted octanol–water partition coefficient (Wildman–Crippen LogP) is 2.37. The first-order valence-corrected chi connectivity index (χ1v) is 12.9. The van der Waals surface area contributed by atoms with Crippen LogP contribution in [0.3, 0.4) is 0 Å². The first kappa shape index (κ1) is 24.0. The number of hydrogen-bond acceptors (Lipinski definition) is 6. The van der Waals surface area contributed by atoms with Gasteiger partial charge < -0.3 is 9.47 Å². The van der Waals surface area contributed by atoms with Gasteiger partial charge in [0, 0.05) is 38.3 Å². The summed E-state index contributed by atoms with van der Waals surface area (Å²) in [5.41, 5.74) is 0.695. The van der Waals surface area contributed by atoms with Gasteiger partial charge in [0.25, 0.3) is 0 Å². The Kier molecular flexibility index (Phi) is 7.61. The number of nitrogens with zero attached hydrogens (tertiary/aromatic N) is 2. The van der Waals surface area contributed by atoms with Crippen LogP contribution >= 0.6 is 11.6 Å². The van der Waals surface area contributed by atoms with Crippen LogP contribution in [0.2, 0.25) is 5.02 Å². The van der Waals surface area contributed by atoms with E-state index in [1.807, 2.05) is 0 Å². The molecule has 11 heteroatoms. The Morgan fingerprint density at radius 3 is 1.87 bits per heavy atom. The third kappa shape index (κ3) is 5.39. The number of benzene rings is 2. The van der Waals surface area contributed by atoms with Crippen molar-refractivity contribution in [2.75, 3.05) is 46.5 Å². The fraction of sp³-hybridized carbons (Fsp3) is 0.400. The highest BCUT2D eigenvalue weighted by Crippen LogP contribution is 2.26. The summed E-state index contributed by atoms with van der Waals surface area (Å²) >= 11 is 5.83. The van der Waals surface area contributed by atoms with Crippen LogP contribution in [-0.2, 0) is 24.8 Å². The molecule has 1 saturated heterocycles. The van der Waals surface area contributed by atoms with E-state index in [4.69, 9.17) is 21.1 Å². The molecular weight excluding hydrogens is 464 g/mol. The smallest absolute Gasteiger partial charge is 0.243 e. The van der Waals surface area contributed by atoms with Crippen molar-refractivity contribution >= 4 is 31.6 Å². The van der Waals surface area contributed by atoms with Crippen LogP contribution in [0, 0.1) is 6.92 Å². The van der Waals surface area contributed by atoms with E-state index in [1.54, 1.807) is 26.2 Å². The van der Waals surface area contributed by atoms with E-state index in [0.717, 1.165) is 0 Å². The summed E-state index contributed by atoms with van der Waals surface area (Å²) in [6.45, 7) is 2.86. The number of ether oxygens (including phenoxy) is 2. The number of methoxy groups -OCH3 is 1. The number of rotatable bonds is 8. The van der Waals surface area contributed by atoms with Crippen molar-refractivity contribution in [1.29, 1.82) is 0 Å². The molecule has 1 heterocycles. The Morgan fingerprint density at radius 1 is 0.839 bits per heavy atom. The molecule has 3 rings (SSSR count). The second kappa shape index (κ2) is 9.85. The van der Waals surface area contributed by atoms with E-state index >= 15 is 0 Å². The van der Waals surface area contributed by atoms with Gasteiger partial charge in [0.05, 0.1) is 16.4 Å². The fourth-order valence-corrected chi connectivity index (χ4v) is 6.29. The van der Waals surface area contributed by atoms with Gasteiger partial charge in [-0.15, -0.1) is 0 Å². The maximum absolute atomic E-state index is 13.1. The molecule has 0 bridgehead atoms. The van der Waals surface area contributed by atoms with E-state index in [9.17, 15) is 16.8 Å². The molecular formula is C20H25ClN2O6S2. The van der Waals surface area contributed by atoms with Crippen LogP contribution in [0.15, 0.2) is 52.3 Å². The first-order chi connectivity index (χ1) is 14.7. The average molecular weight is 489 g/mol. The van der Waals surface area contributed by atoms with Crippen LogP contribution in [0.4, 0.5) is 0 Å². The minimum Gasteiger partial charge on any atom is -0.491 e. The summed E-state index contributed by atoms with van der Waals surface area (Å²) in [6, 6.07) is 10.6. The topological polar surface area (TPSA) is 93.2 Å². The standard InChI is InChI=1S/C20H25ClN2O6S2/c1-16-15-19(7-8-20(16)29-14-13-28-2)31(26,27)23-11-9-22(10-12-23)30(24,25)18-5-3-17(21)4-6-18/h3-8,15H,9-14H2,1-2H3. The molecule has 0 unspecified atom stereocenters. The van der Waals surface area contributed by atoms with E-state index in [2.05, 4.69) is 0 Å². The molecule has 0 amide bonds. The lowest BCUT2D eigenvalue weighted by atomic mass is 10.2.